The second-order valence-corrected chi connectivity index (χ2v) is 14.8. The third kappa shape index (κ3) is 8.44. The largest absolute Gasteiger partial charge is 0.394 e. The maximum absolute atomic E-state index is 14.0. The first-order valence-electron chi connectivity index (χ1n) is 17.7. The van der Waals surface area contributed by atoms with Gasteiger partial charge in [-0.15, -0.1) is 0 Å². The Morgan fingerprint density at radius 2 is 1.70 bits per heavy atom. The van der Waals surface area contributed by atoms with E-state index in [0.717, 1.165) is 88.2 Å². The maximum Gasteiger partial charge on any atom is 0.373 e. The summed E-state index contributed by atoms with van der Waals surface area (Å²) in [6, 6.07) is 12.5. The third-order valence-corrected chi connectivity index (χ3v) is 11.2. The van der Waals surface area contributed by atoms with Gasteiger partial charge in [-0.25, -0.2) is 15.0 Å². The molecule has 8 rings (SSSR count). The average Bonchev–Trinajstić information content (AvgIpc) is 3.95. The topological polar surface area (TPSA) is 129 Å². The van der Waals surface area contributed by atoms with Gasteiger partial charge in [-0.2, -0.15) is 9.59 Å². The number of hydrogen-bond donors (Lipinski definition) is 1. The molecular weight excluding hydrogens is 734 g/mol. The first-order valence-corrected chi connectivity index (χ1v) is 18.5. The highest BCUT2D eigenvalue weighted by molar-refractivity contribution is 9.10. The molecule has 2 aliphatic carbocycles. The number of carbonyl (C=O) groups is 1. The fraction of sp³-hybridized carbons (Fsp3) is 0.452. The van der Waals surface area contributed by atoms with Crippen molar-refractivity contribution in [1.29, 1.82) is 0 Å². The summed E-state index contributed by atoms with van der Waals surface area (Å²) < 4.78 is 10.3. The highest BCUT2D eigenvalue weighted by Crippen LogP contribution is 2.48. The molecule has 11 heteroatoms. The standard InChI is InChI=1S/C34H34BrN5O.C5H10O2.CO2.2CH4/c1-4-21-10-13-26-28(16-21)40(3)33(38-26)34(14-7-15-34)18-29(41)23-11-12-25-27(17-23)39(2)31(30(25)22-8-5-6-9-22)32-36-19-24(35)20-37-32;6-4-5-2-1-3-7-5;2-1-3;;/h4,10-13,16-17,19-20,22H,1,5-9,14-15,18H2,2-3H3;5-6H,1-4H2;;2*1H4. The fourth-order valence-electron chi connectivity index (χ4n) is 8.06. The van der Waals surface area contributed by atoms with E-state index < -0.39 is 0 Å². The van der Waals surface area contributed by atoms with E-state index in [1.807, 2.05) is 30.6 Å². The number of halogens is 1. The number of nitrogens with zero attached hydrogens (tertiary/aromatic N) is 5. The number of hydrogen-bond acceptors (Lipinski definition) is 8. The highest BCUT2D eigenvalue weighted by atomic mass is 79.9. The van der Waals surface area contributed by atoms with Crippen molar-refractivity contribution < 1.29 is 24.2 Å². The SMILES string of the molecule is C.C.C=Cc1ccc2nc(C3(CC(=O)c4ccc5c(C6CCCC6)c(-c6ncc(Br)cn6)n(C)c5c4)CCC3)n(C)c2c1.O=C=O.OCC1CCCO1. The summed E-state index contributed by atoms with van der Waals surface area (Å²) in [7, 11) is 4.16. The van der Waals surface area contributed by atoms with Gasteiger partial charge in [0, 0.05) is 61.4 Å². The Hall–Kier alpha value is -4.28. The van der Waals surface area contributed by atoms with Crippen molar-refractivity contribution >= 4 is 55.9 Å². The minimum atomic E-state index is -0.228. The Balaban J connectivity index is 0.000000460. The van der Waals surface area contributed by atoms with Crippen molar-refractivity contribution in [2.45, 2.75) is 96.5 Å². The molecular formula is C42H52BrN5O5. The molecule has 0 amide bonds. The van der Waals surface area contributed by atoms with Crippen LogP contribution in [0.15, 0.2) is 59.8 Å². The number of rotatable bonds is 8. The van der Waals surface area contributed by atoms with Crippen molar-refractivity contribution in [2.24, 2.45) is 14.1 Å². The van der Waals surface area contributed by atoms with Crippen molar-refractivity contribution in [3.05, 3.63) is 82.4 Å². The molecule has 53 heavy (non-hydrogen) atoms. The van der Waals surface area contributed by atoms with E-state index in [2.05, 4.69) is 80.0 Å². The number of Topliss-reactive ketones (excluding diaryl/α,β-unsaturated/α-hetero) is 1. The van der Waals surface area contributed by atoms with Gasteiger partial charge in [0.2, 0.25) is 0 Å². The molecule has 1 unspecified atom stereocenters. The number of ketones is 1. The first-order chi connectivity index (χ1) is 24.7. The summed E-state index contributed by atoms with van der Waals surface area (Å²) >= 11 is 3.47. The van der Waals surface area contributed by atoms with Gasteiger partial charge < -0.3 is 19.0 Å². The quantitative estimate of drug-likeness (QED) is 0.154. The molecule has 1 saturated heterocycles. The zero-order valence-electron chi connectivity index (χ0n) is 29.2. The van der Waals surface area contributed by atoms with E-state index >= 15 is 0 Å². The molecule has 3 fully saturated rings. The monoisotopic (exact) mass is 785 g/mol. The Morgan fingerprint density at radius 3 is 2.26 bits per heavy atom. The predicted octanol–water partition coefficient (Wildman–Crippen LogP) is 9.13. The lowest BCUT2D eigenvalue weighted by Gasteiger charge is -2.40. The van der Waals surface area contributed by atoms with Crippen LogP contribution >= 0.6 is 15.9 Å². The van der Waals surface area contributed by atoms with E-state index in [0.29, 0.717) is 12.3 Å². The molecule has 1 N–H and O–H groups in total. The zero-order valence-corrected chi connectivity index (χ0v) is 30.8. The lowest BCUT2D eigenvalue weighted by Crippen LogP contribution is -2.39. The third-order valence-electron chi connectivity index (χ3n) is 10.8. The molecule has 2 aromatic carbocycles. The predicted molar refractivity (Wildman–Crippen MR) is 213 cm³/mol. The van der Waals surface area contributed by atoms with E-state index in [1.165, 1.54) is 36.6 Å². The van der Waals surface area contributed by atoms with Crippen LogP contribution in [0, 0.1) is 0 Å². The molecule has 0 radical (unpaired) electrons. The molecule has 282 valence electrons. The van der Waals surface area contributed by atoms with Gasteiger partial charge in [0.25, 0.3) is 0 Å². The Kier molecular flexibility index (Phi) is 14.2. The minimum absolute atomic E-state index is 0. The van der Waals surface area contributed by atoms with E-state index in [9.17, 15) is 4.79 Å². The summed E-state index contributed by atoms with van der Waals surface area (Å²) in [5, 5.41) is 9.65. The average molecular weight is 787 g/mol. The number of fused-ring (bicyclic) bond motifs is 2. The Labute approximate surface area is 320 Å². The zero-order chi connectivity index (χ0) is 36.1. The van der Waals surface area contributed by atoms with Crippen LogP contribution < -0.4 is 0 Å². The van der Waals surface area contributed by atoms with Gasteiger partial charge in [-0.1, -0.05) is 65.0 Å². The summed E-state index contributed by atoms with van der Waals surface area (Å²) in [6.45, 7) is 4.95. The van der Waals surface area contributed by atoms with Gasteiger partial charge in [0.15, 0.2) is 11.6 Å². The number of benzene rings is 2. The van der Waals surface area contributed by atoms with Gasteiger partial charge in [0.05, 0.1) is 33.9 Å². The van der Waals surface area contributed by atoms with Crippen LogP contribution in [0.4, 0.5) is 0 Å². The number of aliphatic hydroxyl groups excluding tert-OH is 1. The first kappa shape index (κ1) is 41.5. The summed E-state index contributed by atoms with van der Waals surface area (Å²) in [5.74, 6) is 2.42. The van der Waals surface area contributed by atoms with E-state index in [-0.39, 0.29) is 44.9 Å². The van der Waals surface area contributed by atoms with Gasteiger partial charge in [0.1, 0.15) is 5.82 Å². The summed E-state index contributed by atoms with van der Waals surface area (Å²) in [6.07, 6.45) is 16.4. The molecule has 2 saturated carbocycles. The molecule has 0 bridgehead atoms. The lowest BCUT2D eigenvalue weighted by molar-refractivity contribution is -0.191. The smallest absolute Gasteiger partial charge is 0.373 e. The van der Waals surface area contributed by atoms with Crippen molar-refractivity contribution in [3.63, 3.8) is 0 Å². The number of aryl methyl sites for hydroxylation is 2. The van der Waals surface area contributed by atoms with Crippen molar-refractivity contribution in [3.8, 4) is 11.5 Å². The molecule has 5 aromatic rings. The van der Waals surface area contributed by atoms with Crippen LogP contribution in [0.1, 0.15) is 112 Å². The van der Waals surface area contributed by atoms with Gasteiger partial charge >= 0.3 is 6.15 Å². The van der Waals surface area contributed by atoms with Crippen molar-refractivity contribution in [2.75, 3.05) is 13.2 Å². The van der Waals surface area contributed by atoms with Gasteiger partial charge in [-0.3, -0.25) is 4.79 Å². The number of aromatic nitrogens is 5. The lowest BCUT2D eigenvalue weighted by atomic mass is 9.64. The number of ether oxygens (including phenoxy) is 1. The summed E-state index contributed by atoms with van der Waals surface area (Å²) in [5.41, 5.74) is 7.14. The number of carbonyl (C=O) groups excluding carboxylic acids is 3. The van der Waals surface area contributed by atoms with Crippen LogP contribution in [-0.4, -0.2) is 60.4 Å². The molecule has 3 aliphatic rings. The highest BCUT2D eigenvalue weighted by Gasteiger charge is 2.44. The van der Waals surface area contributed by atoms with Crippen LogP contribution in [0.2, 0.25) is 0 Å². The van der Waals surface area contributed by atoms with Crippen LogP contribution in [0.3, 0.4) is 0 Å². The molecule has 0 spiro atoms. The second-order valence-electron chi connectivity index (χ2n) is 13.8. The van der Waals surface area contributed by atoms with E-state index in [1.54, 1.807) is 0 Å². The van der Waals surface area contributed by atoms with Crippen LogP contribution in [0.25, 0.3) is 39.5 Å². The molecule has 1 aliphatic heterocycles. The van der Waals surface area contributed by atoms with Crippen LogP contribution in [0.5, 0.6) is 0 Å². The van der Waals surface area contributed by atoms with Crippen LogP contribution in [-0.2, 0) is 33.8 Å². The maximum atomic E-state index is 14.0. The molecule has 4 heterocycles. The molecule has 1 atom stereocenters. The fourth-order valence-corrected chi connectivity index (χ4v) is 8.27. The Bertz CT molecular complexity index is 2060. The second kappa shape index (κ2) is 18.2. The summed E-state index contributed by atoms with van der Waals surface area (Å²) in [4.78, 5) is 44.6. The Morgan fingerprint density at radius 1 is 1.00 bits per heavy atom. The number of imidazole rings is 1. The minimum Gasteiger partial charge on any atom is -0.394 e. The molecule has 3 aromatic heterocycles. The van der Waals surface area contributed by atoms with Gasteiger partial charge in [-0.05, 0) is 89.7 Å². The normalized spacial score (nSPS) is 17.3. The van der Waals surface area contributed by atoms with E-state index in [4.69, 9.17) is 24.4 Å². The molecule has 10 nitrogen and oxygen atoms in total. The number of aliphatic hydroxyl groups is 1. The van der Waals surface area contributed by atoms with Crippen molar-refractivity contribution in [1.82, 2.24) is 24.1 Å².